The molecule has 1 aliphatic heterocycles. The van der Waals surface area contributed by atoms with Gasteiger partial charge in [0, 0.05) is 25.2 Å². The molecule has 0 spiro atoms. The van der Waals surface area contributed by atoms with Crippen LogP contribution in [0.3, 0.4) is 0 Å². The lowest BCUT2D eigenvalue weighted by molar-refractivity contribution is 0.0708. The van der Waals surface area contributed by atoms with Crippen LogP contribution in [0.4, 0.5) is 0 Å². The van der Waals surface area contributed by atoms with Gasteiger partial charge in [-0.1, -0.05) is 36.4 Å². The van der Waals surface area contributed by atoms with Gasteiger partial charge in [-0.2, -0.15) is 0 Å². The van der Waals surface area contributed by atoms with E-state index in [-0.39, 0.29) is 5.91 Å². The molecule has 1 amide bonds. The van der Waals surface area contributed by atoms with Crippen LogP contribution in [0.1, 0.15) is 34.9 Å². The molecule has 0 radical (unpaired) electrons. The second kappa shape index (κ2) is 7.99. The summed E-state index contributed by atoms with van der Waals surface area (Å²) < 4.78 is 8.03. The molecule has 0 atom stereocenters. The highest BCUT2D eigenvalue weighted by atomic mass is 16.5. The molecule has 3 heterocycles. The van der Waals surface area contributed by atoms with Crippen molar-refractivity contribution in [3.8, 4) is 11.5 Å². The number of hydrogen-bond acceptors (Lipinski definition) is 4. The van der Waals surface area contributed by atoms with Crippen molar-refractivity contribution in [1.82, 2.24) is 19.5 Å². The number of amides is 1. The summed E-state index contributed by atoms with van der Waals surface area (Å²) in [6.45, 7) is 1.37. The van der Waals surface area contributed by atoms with Crippen molar-refractivity contribution >= 4 is 11.6 Å². The van der Waals surface area contributed by atoms with Gasteiger partial charge in [-0.05, 0) is 49.2 Å². The maximum absolute atomic E-state index is 13.2. The predicted octanol–water partition coefficient (Wildman–Crippen LogP) is 4.54. The molecule has 0 unspecified atom stereocenters. The minimum atomic E-state index is 0.00563. The Hall–Kier alpha value is -3.67. The Balaban J connectivity index is 1.31. The summed E-state index contributed by atoms with van der Waals surface area (Å²) in [6, 6.07) is 22.9. The quantitative estimate of drug-likeness (QED) is 0.506. The van der Waals surface area contributed by atoms with E-state index in [1.54, 1.807) is 0 Å². The van der Waals surface area contributed by atoms with Gasteiger partial charge in [0.05, 0.1) is 5.56 Å². The SMILES string of the molecule is O=C(c1ccccc1Oc1ccccc1)N1CCC(c2nnc3ccccn23)CC1. The van der Waals surface area contributed by atoms with Crippen LogP contribution < -0.4 is 4.74 Å². The maximum atomic E-state index is 13.2. The van der Waals surface area contributed by atoms with Gasteiger partial charge < -0.3 is 9.64 Å². The molecule has 30 heavy (non-hydrogen) atoms. The maximum Gasteiger partial charge on any atom is 0.257 e. The minimum Gasteiger partial charge on any atom is -0.457 e. The number of rotatable bonds is 4. The van der Waals surface area contributed by atoms with Gasteiger partial charge in [-0.25, -0.2) is 0 Å². The van der Waals surface area contributed by atoms with Crippen LogP contribution in [0.15, 0.2) is 79.0 Å². The molecule has 2 aromatic heterocycles. The first-order valence-electron chi connectivity index (χ1n) is 10.2. The third kappa shape index (κ3) is 3.52. The van der Waals surface area contributed by atoms with Crippen molar-refractivity contribution in [2.45, 2.75) is 18.8 Å². The summed E-state index contributed by atoms with van der Waals surface area (Å²) in [4.78, 5) is 15.1. The van der Waals surface area contributed by atoms with Crippen molar-refractivity contribution in [3.63, 3.8) is 0 Å². The summed E-state index contributed by atoms with van der Waals surface area (Å²) in [5.41, 5.74) is 1.45. The van der Waals surface area contributed by atoms with E-state index in [1.165, 1.54) is 0 Å². The number of para-hydroxylation sites is 2. The van der Waals surface area contributed by atoms with E-state index in [1.807, 2.05) is 88.3 Å². The van der Waals surface area contributed by atoms with E-state index in [4.69, 9.17) is 4.74 Å². The van der Waals surface area contributed by atoms with Crippen molar-refractivity contribution in [2.24, 2.45) is 0 Å². The van der Waals surface area contributed by atoms with E-state index in [9.17, 15) is 4.79 Å². The first kappa shape index (κ1) is 18.4. The zero-order valence-corrected chi connectivity index (χ0v) is 16.5. The summed E-state index contributed by atoms with van der Waals surface area (Å²) in [5.74, 6) is 2.58. The molecule has 2 aromatic carbocycles. The van der Waals surface area contributed by atoms with E-state index in [2.05, 4.69) is 10.2 Å². The fourth-order valence-electron chi connectivity index (χ4n) is 4.00. The molecule has 6 heteroatoms. The molecule has 4 aromatic rings. The molecule has 1 saturated heterocycles. The van der Waals surface area contributed by atoms with Crippen LogP contribution in [0, 0.1) is 0 Å². The molecule has 0 N–H and O–H groups in total. The minimum absolute atomic E-state index is 0.00563. The van der Waals surface area contributed by atoms with Gasteiger partial charge in [-0.3, -0.25) is 9.20 Å². The lowest BCUT2D eigenvalue weighted by atomic mass is 9.95. The monoisotopic (exact) mass is 398 g/mol. The number of ether oxygens (including phenoxy) is 1. The topological polar surface area (TPSA) is 59.7 Å². The number of likely N-dealkylation sites (tertiary alicyclic amines) is 1. The summed E-state index contributed by atoms with van der Waals surface area (Å²) in [6.07, 6.45) is 3.73. The molecule has 0 saturated carbocycles. The number of piperidine rings is 1. The fourth-order valence-corrected chi connectivity index (χ4v) is 4.00. The standard InChI is InChI=1S/C24H22N4O2/c29-24(20-10-4-5-11-21(20)30-19-8-2-1-3-9-19)27-16-13-18(14-17-27)23-26-25-22-12-6-7-15-28(22)23/h1-12,15,18H,13-14,16-17H2. The Kier molecular flexibility index (Phi) is 4.89. The van der Waals surface area contributed by atoms with Gasteiger partial charge in [0.25, 0.3) is 5.91 Å². The largest absolute Gasteiger partial charge is 0.457 e. The van der Waals surface area contributed by atoms with Gasteiger partial charge in [-0.15, -0.1) is 10.2 Å². The number of benzene rings is 2. The fraction of sp³-hybridized carbons (Fsp3) is 0.208. The molecular formula is C24H22N4O2. The highest BCUT2D eigenvalue weighted by Crippen LogP contribution is 2.30. The van der Waals surface area contributed by atoms with Gasteiger partial charge >= 0.3 is 0 Å². The third-order valence-electron chi connectivity index (χ3n) is 5.58. The number of hydrogen-bond donors (Lipinski definition) is 0. The second-order valence-corrected chi connectivity index (χ2v) is 7.46. The Morgan fingerprint density at radius 3 is 2.43 bits per heavy atom. The normalized spacial score (nSPS) is 14.7. The van der Waals surface area contributed by atoms with Crippen LogP contribution >= 0.6 is 0 Å². The summed E-state index contributed by atoms with van der Waals surface area (Å²) in [5, 5.41) is 8.66. The number of aromatic nitrogens is 3. The average Bonchev–Trinajstić information content (AvgIpc) is 3.24. The zero-order valence-electron chi connectivity index (χ0n) is 16.5. The average molecular weight is 398 g/mol. The first-order chi connectivity index (χ1) is 14.8. The van der Waals surface area contributed by atoms with Crippen LogP contribution in [0.2, 0.25) is 0 Å². The van der Waals surface area contributed by atoms with Crippen LogP contribution in [0.5, 0.6) is 11.5 Å². The van der Waals surface area contributed by atoms with Crippen LogP contribution in [0.25, 0.3) is 5.65 Å². The molecule has 5 rings (SSSR count). The van der Waals surface area contributed by atoms with Gasteiger partial charge in [0.15, 0.2) is 5.65 Å². The molecule has 0 bridgehead atoms. The Labute approximate surface area is 174 Å². The predicted molar refractivity (Wildman–Crippen MR) is 114 cm³/mol. The summed E-state index contributed by atoms with van der Waals surface area (Å²) in [7, 11) is 0. The molecule has 150 valence electrons. The Morgan fingerprint density at radius 1 is 0.867 bits per heavy atom. The van der Waals surface area contributed by atoms with Crippen molar-refractivity contribution in [1.29, 1.82) is 0 Å². The van der Waals surface area contributed by atoms with Crippen molar-refractivity contribution < 1.29 is 9.53 Å². The number of pyridine rings is 1. The number of carbonyl (C=O) groups excluding carboxylic acids is 1. The Morgan fingerprint density at radius 2 is 1.60 bits per heavy atom. The molecular weight excluding hydrogens is 376 g/mol. The molecule has 0 aliphatic carbocycles. The van der Waals surface area contributed by atoms with Crippen molar-refractivity contribution in [3.05, 3.63) is 90.4 Å². The second-order valence-electron chi connectivity index (χ2n) is 7.46. The van der Waals surface area contributed by atoms with Crippen LogP contribution in [-0.2, 0) is 0 Å². The highest BCUT2D eigenvalue weighted by molar-refractivity contribution is 5.97. The number of carbonyl (C=O) groups is 1. The van der Waals surface area contributed by atoms with E-state index < -0.39 is 0 Å². The zero-order chi connectivity index (χ0) is 20.3. The first-order valence-corrected chi connectivity index (χ1v) is 10.2. The van der Waals surface area contributed by atoms with Crippen LogP contribution in [-0.4, -0.2) is 38.5 Å². The van der Waals surface area contributed by atoms with E-state index in [0.29, 0.717) is 30.3 Å². The van der Waals surface area contributed by atoms with Gasteiger partial charge in [0.1, 0.15) is 17.3 Å². The van der Waals surface area contributed by atoms with Gasteiger partial charge in [0.2, 0.25) is 0 Å². The molecule has 1 aliphatic rings. The molecule has 6 nitrogen and oxygen atoms in total. The van der Waals surface area contributed by atoms with Crippen molar-refractivity contribution in [2.75, 3.05) is 13.1 Å². The highest BCUT2D eigenvalue weighted by Gasteiger charge is 2.28. The Bertz CT molecular complexity index is 1160. The smallest absolute Gasteiger partial charge is 0.257 e. The van der Waals surface area contributed by atoms with E-state index >= 15 is 0 Å². The lowest BCUT2D eigenvalue weighted by Crippen LogP contribution is -2.38. The van der Waals surface area contributed by atoms with E-state index in [0.717, 1.165) is 30.1 Å². The number of fused-ring (bicyclic) bond motifs is 1. The number of nitrogens with zero attached hydrogens (tertiary/aromatic N) is 4. The summed E-state index contributed by atoms with van der Waals surface area (Å²) >= 11 is 0. The lowest BCUT2D eigenvalue weighted by Gasteiger charge is -2.31. The third-order valence-corrected chi connectivity index (χ3v) is 5.58. The molecule has 1 fully saturated rings.